The van der Waals surface area contributed by atoms with Crippen molar-refractivity contribution < 1.29 is 19.1 Å². The van der Waals surface area contributed by atoms with Gasteiger partial charge in [0, 0.05) is 30.2 Å². The Labute approximate surface area is 199 Å². The number of rotatable bonds is 4. The molecule has 0 spiro atoms. The molecule has 1 aliphatic carbocycles. The zero-order chi connectivity index (χ0) is 24.0. The summed E-state index contributed by atoms with van der Waals surface area (Å²) in [5.41, 5.74) is 4.90. The Hall–Kier alpha value is -3.60. The molecule has 1 N–H and O–H groups in total. The summed E-state index contributed by atoms with van der Waals surface area (Å²) in [7, 11) is 0. The largest absolute Gasteiger partial charge is 0.490 e. The Kier molecular flexibility index (Phi) is 5.43. The van der Waals surface area contributed by atoms with Crippen LogP contribution in [-0.4, -0.2) is 18.4 Å². The summed E-state index contributed by atoms with van der Waals surface area (Å²) in [4.78, 5) is 25.1. The first kappa shape index (κ1) is 22.2. The molecule has 1 heterocycles. The standard InChI is InChI=1S/C29H29NO4/c1-5-33-25-14-19(11-13-24(25)34-17(2)31)28-27-21(15-29(3,4)16-23(27)32)26-20-9-7-6-8-18(20)10-12-22(26)30-28/h6-14,28,30H,5,15-16H2,1-4H3/t28-/m1/s1. The van der Waals surface area contributed by atoms with Crippen LogP contribution < -0.4 is 14.8 Å². The third kappa shape index (κ3) is 3.85. The Bertz CT molecular complexity index is 1350. The van der Waals surface area contributed by atoms with Gasteiger partial charge in [0.15, 0.2) is 17.3 Å². The topological polar surface area (TPSA) is 64.6 Å². The van der Waals surface area contributed by atoms with Crippen molar-refractivity contribution in [1.29, 1.82) is 0 Å². The van der Waals surface area contributed by atoms with E-state index in [2.05, 4.69) is 43.4 Å². The molecule has 1 atom stereocenters. The average Bonchev–Trinajstić information content (AvgIpc) is 2.78. The Morgan fingerprint density at radius 2 is 1.85 bits per heavy atom. The van der Waals surface area contributed by atoms with Crippen molar-refractivity contribution in [3.05, 3.63) is 71.3 Å². The summed E-state index contributed by atoms with van der Waals surface area (Å²) in [6, 6.07) is 17.8. The molecule has 34 heavy (non-hydrogen) atoms. The molecule has 0 radical (unpaired) electrons. The number of Topliss-reactive ketones (excluding diaryl/α,β-unsaturated/α-hetero) is 1. The molecule has 0 aromatic heterocycles. The maximum absolute atomic E-state index is 13.6. The van der Waals surface area contributed by atoms with Crippen molar-refractivity contribution in [2.24, 2.45) is 5.41 Å². The van der Waals surface area contributed by atoms with Gasteiger partial charge in [-0.1, -0.05) is 50.2 Å². The van der Waals surface area contributed by atoms with Gasteiger partial charge in [-0.15, -0.1) is 0 Å². The summed E-state index contributed by atoms with van der Waals surface area (Å²) in [5, 5.41) is 5.97. The summed E-state index contributed by atoms with van der Waals surface area (Å²) >= 11 is 0. The maximum atomic E-state index is 13.6. The van der Waals surface area contributed by atoms with Gasteiger partial charge in [0.1, 0.15) is 0 Å². The lowest BCUT2D eigenvalue weighted by Gasteiger charge is -2.40. The molecule has 0 saturated heterocycles. The molecule has 0 fully saturated rings. The molecule has 5 nitrogen and oxygen atoms in total. The number of carbonyl (C=O) groups excluding carboxylic acids is 2. The van der Waals surface area contributed by atoms with Crippen LogP contribution in [0.3, 0.4) is 0 Å². The van der Waals surface area contributed by atoms with Gasteiger partial charge in [-0.25, -0.2) is 0 Å². The van der Waals surface area contributed by atoms with Crippen molar-refractivity contribution in [2.75, 3.05) is 11.9 Å². The van der Waals surface area contributed by atoms with E-state index >= 15 is 0 Å². The monoisotopic (exact) mass is 455 g/mol. The van der Waals surface area contributed by atoms with E-state index in [0.717, 1.165) is 45.2 Å². The highest BCUT2D eigenvalue weighted by Gasteiger charge is 2.41. The zero-order valence-electron chi connectivity index (χ0n) is 20.0. The van der Waals surface area contributed by atoms with Crippen LogP contribution in [0.2, 0.25) is 0 Å². The summed E-state index contributed by atoms with van der Waals surface area (Å²) < 4.78 is 11.1. The van der Waals surface area contributed by atoms with E-state index in [9.17, 15) is 9.59 Å². The highest BCUT2D eigenvalue weighted by atomic mass is 16.6. The first-order valence-corrected chi connectivity index (χ1v) is 11.8. The maximum Gasteiger partial charge on any atom is 0.308 e. The number of esters is 1. The number of fused-ring (bicyclic) bond motifs is 4. The van der Waals surface area contributed by atoms with Gasteiger partial charge in [0.25, 0.3) is 0 Å². The number of hydrogen-bond acceptors (Lipinski definition) is 5. The van der Waals surface area contributed by atoms with Gasteiger partial charge in [0.2, 0.25) is 0 Å². The molecular weight excluding hydrogens is 426 g/mol. The van der Waals surface area contributed by atoms with Crippen molar-refractivity contribution >= 4 is 33.8 Å². The number of nitrogens with one attached hydrogen (secondary N) is 1. The van der Waals surface area contributed by atoms with E-state index in [0.29, 0.717) is 24.5 Å². The fourth-order valence-electron chi connectivity index (χ4n) is 5.30. The molecule has 2 aliphatic rings. The van der Waals surface area contributed by atoms with Gasteiger partial charge >= 0.3 is 5.97 Å². The van der Waals surface area contributed by atoms with E-state index in [4.69, 9.17) is 9.47 Å². The third-order valence-corrected chi connectivity index (χ3v) is 6.59. The fraction of sp³-hybridized carbons (Fsp3) is 0.310. The molecule has 174 valence electrons. The molecule has 3 aromatic rings. The van der Waals surface area contributed by atoms with E-state index < -0.39 is 5.97 Å². The normalized spacial score (nSPS) is 18.7. The van der Waals surface area contributed by atoms with Crippen LogP contribution in [-0.2, 0) is 9.59 Å². The first-order valence-electron chi connectivity index (χ1n) is 11.8. The van der Waals surface area contributed by atoms with Crippen molar-refractivity contribution in [1.82, 2.24) is 0 Å². The minimum absolute atomic E-state index is 0.109. The SMILES string of the molecule is CCOc1cc([C@H]2Nc3ccc4ccccc4c3C3=C2C(=O)CC(C)(C)C3)ccc1OC(C)=O. The average molecular weight is 456 g/mol. The highest BCUT2D eigenvalue weighted by molar-refractivity contribution is 6.12. The van der Waals surface area contributed by atoms with Crippen LogP contribution in [0.5, 0.6) is 11.5 Å². The second kappa shape index (κ2) is 8.32. The molecule has 0 bridgehead atoms. The lowest BCUT2D eigenvalue weighted by atomic mass is 9.68. The van der Waals surface area contributed by atoms with Crippen LogP contribution in [0.15, 0.2) is 60.2 Å². The molecule has 0 saturated carbocycles. The Morgan fingerprint density at radius 3 is 2.62 bits per heavy atom. The number of ether oxygens (including phenoxy) is 2. The van der Waals surface area contributed by atoms with Gasteiger partial charge in [-0.3, -0.25) is 9.59 Å². The molecule has 5 rings (SSSR count). The number of anilines is 1. The smallest absolute Gasteiger partial charge is 0.308 e. The summed E-state index contributed by atoms with van der Waals surface area (Å²) in [6.45, 7) is 8.02. The van der Waals surface area contributed by atoms with Crippen molar-refractivity contribution in [3.8, 4) is 11.5 Å². The second-order valence-electron chi connectivity index (χ2n) is 9.85. The van der Waals surface area contributed by atoms with Gasteiger partial charge in [-0.05, 0) is 58.9 Å². The third-order valence-electron chi connectivity index (χ3n) is 6.59. The van der Waals surface area contributed by atoms with E-state index in [1.54, 1.807) is 6.07 Å². The van der Waals surface area contributed by atoms with Gasteiger partial charge in [0.05, 0.1) is 12.6 Å². The van der Waals surface area contributed by atoms with Crippen LogP contribution in [0.25, 0.3) is 16.3 Å². The van der Waals surface area contributed by atoms with E-state index in [1.165, 1.54) is 6.92 Å². The summed E-state index contributed by atoms with van der Waals surface area (Å²) in [5.74, 6) is 0.641. The van der Waals surface area contributed by atoms with Crippen LogP contribution >= 0.6 is 0 Å². The van der Waals surface area contributed by atoms with E-state index in [-0.39, 0.29) is 17.2 Å². The molecule has 5 heteroatoms. The molecule has 0 unspecified atom stereocenters. The lowest BCUT2D eigenvalue weighted by molar-refractivity contribution is -0.132. The van der Waals surface area contributed by atoms with Crippen LogP contribution in [0.4, 0.5) is 5.69 Å². The van der Waals surface area contributed by atoms with Crippen LogP contribution in [0.1, 0.15) is 57.7 Å². The van der Waals surface area contributed by atoms with Crippen molar-refractivity contribution in [3.63, 3.8) is 0 Å². The quantitative estimate of drug-likeness (QED) is 0.361. The molecular formula is C29H29NO4. The van der Waals surface area contributed by atoms with E-state index in [1.807, 2.05) is 31.2 Å². The molecule has 1 aliphatic heterocycles. The molecule has 0 amide bonds. The predicted octanol–water partition coefficient (Wildman–Crippen LogP) is 6.47. The van der Waals surface area contributed by atoms with Crippen LogP contribution in [0, 0.1) is 5.41 Å². The van der Waals surface area contributed by atoms with Gasteiger partial charge < -0.3 is 14.8 Å². The minimum Gasteiger partial charge on any atom is -0.490 e. The number of hydrogen-bond donors (Lipinski definition) is 1. The summed E-state index contributed by atoms with van der Waals surface area (Å²) in [6.07, 6.45) is 1.34. The minimum atomic E-state index is -0.403. The number of allylic oxidation sites excluding steroid dienone is 1. The lowest BCUT2D eigenvalue weighted by Crippen LogP contribution is -2.33. The fourth-order valence-corrected chi connectivity index (χ4v) is 5.30. The highest BCUT2D eigenvalue weighted by Crippen LogP contribution is 2.52. The molecule has 3 aromatic carbocycles. The van der Waals surface area contributed by atoms with Crippen molar-refractivity contribution in [2.45, 2.75) is 46.6 Å². The Morgan fingerprint density at radius 1 is 1.06 bits per heavy atom. The number of carbonyl (C=O) groups is 2. The second-order valence-corrected chi connectivity index (χ2v) is 9.85. The zero-order valence-corrected chi connectivity index (χ0v) is 20.0. The first-order chi connectivity index (χ1) is 16.3. The van der Waals surface area contributed by atoms with Gasteiger partial charge in [-0.2, -0.15) is 0 Å². The number of ketones is 1. The predicted molar refractivity (Wildman–Crippen MR) is 134 cm³/mol. The number of benzene rings is 3. The Balaban J connectivity index is 1.71.